The Hall–Kier alpha value is -3.26. The van der Waals surface area contributed by atoms with Crippen LogP contribution in [0.1, 0.15) is 32.1 Å². The lowest BCUT2D eigenvalue weighted by molar-refractivity contribution is -0.140. The highest BCUT2D eigenvalue weighted by molar-refractivity contribution is 9.10. The second kappa shape index (κ2) is 12.3. The van der Waals surface area contributed by atoms with Crippen molar-refractivity contribution < 1.29 is 23.8 Å². The number of nitrogens with one attached hydrogen (secondary N) is 1. The number of methoxy groups -OCH3 is 1. The number of nitrogen functional groups attached to an aromatic ring is 1. The van der Waals surface area contributed by atoms with Crippen LogP contribution in [0.15, 0.2) is 33.0 Å². The number of carbonyl (C=O) groups is 2. The second-order valence-electron chi connectivity index (χ2n) is 9.37. The first-order valence-corrected chi connectivity index (χ1v) is 14.4. The van der Waals surface area contributed by atoms with Crippen molar-refractivity contribution in [2.24, 2.45) is 5.92 Å². The first kappa shape index (κ1) is 27.3. The SMILES string of the molecule is COC(=O)CCCNC(=O)N1CCCC(CCn2c(Sc3cc4c(cc3Br)OCO4)nc3c(N)ncnc32)C1. The molecule has 2 aliphatic rings. The van der Waals surface area contributed by atoms with E-state index < -0.39 is 0 Å². The van der Waals surface area contributed by atoms with Crippen molar-refractivity contribution in [3.8, 4) is 11.5 Å². The van der Waals surface area contributed by atoms with Crippen LogP contribution in [0, 0.1) is 5.92 Å². The molecule has 0 bridgehead atoms. The van der Waals surface area contributed by atoms with E-state index in [1.54, 1.807) is 0 Å². The fourth-order valence-electron chi connectivity index (χ4n) is 4.73. The van der Waals surface area contributed by atoms with E-state index in [1.807, 2.05) is 17.0 Å². The lowest BCUT2D eigenvalue weighted by Gasteiger charge is -2.33. The topological polar surface area (TPSA) is 147 Å². The van der Waals surface area contributed by atoms with Gasteiger partial charge in [0.05, 0.1) is 7.11 Å². The molecule has 2 aromatic heterocycles. The third kappa shape index (κ3) is 6.32. The summed E-state index contributed by atoms with van der Waals surface area (Å²) in [6.07, 6.45) is 5.10. The second-order valence-corrected chi connectivity index (χ2v) is 11.2. The number of carbonyl (C=O) groups excluding carboxylic acids is 2. The predicted octanol–water partition coefficient (Wildman–Crippen LogP) is 3.82. The molecule has 1 atom stereocenters. The number of hydrogen-bond acceptors (Lipinski definition) is 10. The Labute approximate surface area is 238 Å². The first-order valence-electron chi connectivity index (χ1n) is 12.8. The van der Waals surface area contributed by atoms with Crippen LogP contribution >= 0.6 is 27.7 Å². The average molecular weight is 621 g/mol. The van der Waals surface area contributed by atoms with Crippen LogP contribution in [-0.2, 0) is 16.1 Å². The van der Waals surface area contributed by atoms with Gasteiger partial charge in [0.1, 0.15) is 6.33 Å². The third-order valence-corrected chi connectivity index (χ3v) is 8.75. The molecule has 0 spiro atoms. The normalized spacial score (nSPS) is 16.5. The summed E-state index contributed by atoms with van der Waals surface area (Å²) in [5, 5.41) is 3.66. The van der Waals surface area contributed by atoms with Gasteiger partial charge in [-0.25, -0.2) is 19.7 Å². The molecule has 1 aromatic carbocycles. The number of esters is 1. The molecular formula is C25H30BrN7O5S. The van der Waals surface area contributed by atoms with Crippen molar-refractivity contribution in [2.75, 3.05) is 39.3 Å². The summed E-state index contributed by atoms with van der Waals surface area (Å²) < 4.78 is 18.6. The number of nitrogens with two attached hydrogens (primary N) is 1. The van der Waals surface area contributed by atoms with Gasteiger partial charge in [-0.2, -0.15) is 0 Å². The van der Waals surface area contributed by atoms with Crippen molar-refractivity contribution in [3.63, 3.8) is 0 Å². The molecular weight excluding hydrogens is 590 g/mol. The Balaban J connectivity index is 1.26. The van der Waals surface area contributed by atoms with E-state index in [-0.39, 0.29) is 25.2 Å². The number of anilines is 1. The number of aryl methyl sites for hydroxylation is 1. The van der Waals surface area contributed by atoms with Gasteiger partial charge in [0.25, 0.3) is 0 Å². The summed E-state index contributed by atoms with van der Waals surface area (Å²) in [6, 6.07) is 3.73. The van der Waals surface area contributed by atoms with Crippen molar-refractivity contribution in [3.05, 3.63) is 22.9 Å². The molecule has 4 heterocycles. The summed E-state index contributed by atoms with van der Waals surface area (Å²) in [7, 11) is 1.36. The summed E-state index contributed by atoms with van der Waals surface area (Å²) in [6.45, 7) is 2.69. The highest BCUT2D eigenvalue weighted by Gasteiger charge is 2.25. The lowest BCUT2D eigenvalue weighted by Crippen LogP contribution is -2.46. The van der Waals surface area contributed by atoms with Gasteiger partial charge in [0, 0.05) is 42.0 Å². The number of hydrogen-bond donors (Lipinski definition) is 2. The molecule has 1 fully saturated rings. The maximum Gasteiger partial charge on any atom is 0.317 e. The standard InChI is InChI=1S/C25H30BrN7O5S/c1-36-20(34)5-2-7-28-24(35)32-8-3-4-15(12-32)6-9-33-23-21(22(27)29-13-30-23)31-25(33)39-19-11-18-17(10-16(19)26)37-14-38-18/h10-11,13,15H,2-9,12,14H2,1H3,(H,28,35)(H2,27,29,30). The van der Waals surface area contributed by atoms with E-state index >= 15 is 0 Å². The molecule has 3 N–H and O–H groups in total. The number of imidazole rings is 1. The Bertz CT molecular complexity index is 1370. The van der Waals surface area contributed by atoms with E-state index in [0.717, 1.165) is 40.3 Å². The van der Waals surface area contributed by atoms with Gasteiger partial charge in [0.2, 0.25) is 6.79 Å². The minimum Gasteiger partial charge on any atom is -0.469 e. The Morgan fingerprint density at radius 1 is 1.28 bits per heavy atom. The van der Waals surface area contributed by atoms with E-state index in [0.29, 0.717) is 60.5 Å². The minimum atomic E-state index is -0.273. The van der Waals surface area contributed by atoms with E-state index in [4.69, 9.17) is 20.2 Å². The van der Waals surface area contributed by atoms with Crippen LogP contribution in [-0.4, -0.2) is 70.0 Å². The van der Waals surface area contributed by atoms with Crippen LogP contribution in [0.3, 0.4) is 0 Å². The largest absolute Gasteiger partial charge is 0.469 e. The smallest absolute Gasteiger partial charge is 0.317 e. The monoisotopic (exact) mass is 619 g/mol. The van der Waals surface area contributed by atoms with Gasteiger partial charge >= 0.3 is 12.0 Å². The zero-order valence-corrected chi connectivity index (χ0v) is 23.9. The van der Waals surface area contributed by atoms with Crippen molar-refractivity contribution in [2.45, 2.75) is 48.7 Å². The van der Waals surface area contributed by atoms with Gasteiger partial charge in [-0.1, -0.05) is 11.8 Å². The Morgan fingerprint density at radius 2 is 2.10 bits per heavy atom. The van der Waals surface area contributed by atoms with Crippen molar-refractivity contribution in [1.82, 2.24) is 29.7 Å². The lowest BCUT2D eigenvalue weighted by atomic mass is 9.95. The molecule has 5 rings (SSSR count). The van der Waals surface area contributed by atoms with Crippen LogP contribution in [0.2, 0.25) is 0 Å². The molecule has 1 unspecified atom stereocenters. The number of fused-ring (bicyclic) bond motifs is 2. The van der Waals surface area contributed by atoms with Crippen LogP contribution in [0.4, 0.5) is 10.6 Å². The molecule has 0 radical (unpaired) electrons. The number of likely N-dealkylation sites (tertiary alicyclic amines) is 1. The molecule has 14 heteroatoms. The van der Waals surface area contributed by atoms with Crippen molar-refractivity contribution >= 4 is 56.7 Å². The van der Waals surface area contributed by atoms with Gasteiger partial charge in [-0.15, -0.1) is 0 Å². The van der Waals surface area contributed by atoms with Crippen LogP contribution < -0.4 is 20.5 Å². The zero-order chi connectivity index (χ0) is 27.4. The number of rotatable bonds is 9. The van der Waals surface area contributed by atoms with Gasteiger partial charge < -0.3 is 34.7 Å². The van der Waals surface area contributed by atoms with E-state index in [1.165, 1.54) is 25.2 Å². The summed E-state index contributed by atoms with van der Waals surface area (Å²) in [4.78, 5) is 40.1. The Kier molecular flexibility index (Phi) is 8.60. The number of nitrogens with zero attached hydrogens (tertiary/aromatic N) is 5. The van der Waals surface area contributed by atoms with Crippen LogP contribution in [0.25, 0.3) is 11.2 Å². The summed E-state index contributed by atoms with van der Waals surface area (Å²) >= 11 is 5.12. The van der Waals surface area contributed by atoms with E-state index in [9.17, 15) is 9.59 Å². The number of aromatic nitrogens is 4. The number of halogens is 1. The quantitative estimate of drug-likeness (QED) is 0.267. The number of piperidine rings is 1. The molecule has 1 saturated heterocycles. The van der Waals surface area contributed by atoms with Gasteiger partial charge in [-0.3, -0.25) is 4.79 Å². The molecule has 2 aliphatic heterocycles. The average Bonchev–Trinajstić information content (AvgIpc) is 3.54. The zero-order valence-electron chi connectivity index (χ0n) is 21.5. The van der Waals surface area contributed by atoms with Crippen LogP contribution in [0.5, 0.6) is 11.5 Å². The molecule has 0 aliphatic carbocycles. The fourth-order valence-corrected chi connectivity index (χ4v) is 6.24. The minimum absolute atomic E-state index is 0.0953. The first-order chi connectivity index (χ1) is 18.9. The summed E-state index contributed by atoms with van der Waals surface area (Å²) in [5.74, 6) is 1.77. The maximum atomic E-state index is 12.7. The molecule has 0 saturated carbocycles. The highest BCUT2D eigenvalue weighted by Crippen LogP contribution is 2.43. The van der Waals surface area contributed by atoms with Crippen molar-refractivity contribution in [1.29, 1.82) is 0 Å². The molecule has 2 amide bonds. The third-order valence-electron chi connectivity index (χ3n) is 6.78. The highest BCUT2D eigenvalue weighted by atomic mass is 79.9. The fraction of sp³-hybridized carbons (Fsp3) is 0.480. The van der Waals surface area contributed by atoms with E-state index in [2.05, 4.69) is 40.5 Å². The molecule has 208 valence electrons. The maximum absolute atomic E-state index is 12.7. The molecule has 12 nitrogen and oxygen atoms in total. The van der Waals surface area contributed by atoms with Gasteiger partial charge in [-0.05, 0) is 59.7 Å². The molecule has 3 aromatic rings. The number of amides is 2. The number of urea groups is 1. The number of benzene rings is 1. The molecule has 39 heavy (non-hydrogen) atoms. The van der Waals surface area contributed by atoms with Gasteiger partial charge in [0.15, 0.2) is 33.6 Å². The summed E-state index contributed by atoms with van der Waals surface area (Å²) in [5.41, 5.74) is 7.38. The Morgan fingerprint density at radius 3 is 2.92 bits per heavy atom. The predicted molar refractivity (Wildman–Crippen MR) is 148 cm³/mol. The number of ether oxygens (including phenoxy) is 3.